The van der Waals surface area contributed by atoms with Crippen molar-refractivity contribution in [2.75, 3.05) is 34.4 Å². The van der Waals surface area contributed by atoms with Gasteiger partial charge >= 0.3 is 0 Å². The van der Waals surface area contributed by atoms with Crippen LogP contribution in [0.4, 0.5) is 0 Å². The third-order valence-corrected chi connectivity index (χ3v) is 8.42. The van der Waals surface area contributed by atoms with E-state index in [9.17, 15) is 34.8 Å². The summed E-state index contributed by atoms with van der Waals surface area (Å²) in [5, 5.41) is 48.6. The molecule has 4 rings (SSSR count). The Bertz CT molecular complexity index is 1280. The molecule has 0 saturated carbocycles. The van der Waals surface area contributed by atoms with Crippen molar-refractivity contribution < 1.29 is 39.5 Å². The molecule has 0 amide bonds. The quantitative estimate of drug-likeness (QED) is 0.231. The van der Waals surface area contributed by atoms with Gasteiger partial charge in [-0.1, -0.05) is 19.4 Å². The number of hydrogen-bond acceptors (Lipinski definition) is 10. The molecular formula is C29H38N2O8. The van der Waals surface area contributed by atoms with Gasteiger partial charge in [0.05, 0.1) is 23.8 Å². The van der Waals surface area contributed by atoms with Crippen molar-refractivity contribution in [2.45, 2.75) is 57.7 Å². The molecule has 3 aliphatic rings. The highest BCUT2D eigenvalue weighted by Gasteiger charge is 2.66. The van der Waals surface area contributed by atoms with Crippen molar-refractivity contribution in [1.82, 2.24) is 10.2 Å². The number of benzene rings is 1. The summed E-state index contributed by atoms with van der Waals surface area (Å²) in [5.41, 5.74) is -3.20. The number of rotatable bonds is 9. The lowest BCUT2D eigenvalue weighted by Gasteiger charge is -2.54. The van der Waals surface area contributed by atoms with Gasteiger partial charge in [0.15, 0.2) is 17.2 Å². The van der Waals surface area contributed by atoms with Crippen LogP contribution in [-0.2, 0) is 27.3 Å². The molecule has 3 aliphatic carbocycles. The number of ketones is 3. The Morgan fingerprint density at radius 1 is 1.21 bits per heavy atom. The first-order chi connectivity index (χ1) is 18.4. The molecule has 0 spiro atoms. The van der Waals surface area contributed by atoms with E-state index in [0.29, 0.717) is 18.7 Å². The van der Waals surface area contributed by atoms with Crippen LogP contribution in [0.25, 0.3) is 0 Å². The molecule has 0 heterocycles. The highest BCUT2D eigenvalue weighted by Crippen LogP contribution is 2.58. The standard InChI is InChI=1S/C29H38N2O8/c1-6-7-10-39-14-28-11-17-16(13-30-3)8-9-19(33)21(17)24(34)22(28)27(37)29(38)18(12-28)23(31(4)5)25(35)20(15(2)32)26(29)36/h8-9,18,23,30,33,35,37-38H,6-7,10-14H2,1-5H3/t18-,23-,28-,29+/m0/s1. The molecule has 0 fully saturated rings. The first-order valence-corrected chi connectivity index (χ1v) is 13.3. The van der Waals surface area contributed by atoms with E-state index in [2.05, 4.69) is 5.32 Å². The third-order valence-electron chi connectivity index (χ3n) is 8.42. The molecule has 4 atom stereocenters. The summed E-state index contributed by atoms with van der Waals surface area (Å²) in [6, 6.07) is 2.15. The number of carbonyl (C=O) groups is 3. The van der Waals surface area contributed by atoms with E-state index in [1.807, 2.05) is 6.92 Å². The van der Waals surface area contributed by atoms with Crippen molar-refractivity contribution in [3.8, 4) is 5.75 Å². The second-order valence-electron chi connectivity index (χ2n) is 11.2. The fourth-order valence-electron chi connectivity index (χ4n) is 6.65. The lowest BCUT2D eigenvalue weighted by atomic mass is 9.52. The summed E-state index contributed by atoms with van der Waals surface area (Å²) in [4.78, 5) is 41.8. The second-order valence-corrected chi connectivity index (χ2v) is 11.2. The van der Waals surface area contributed by atoms with E-state index < -0.39 is 57.4 Å². The van der Waals surface area contributed by atoms with Gasteiger partial charge in [-0.15, -0.1) is 0 Å². The van der Waals surface area contributed by atoms with Gasteiger partial charge in [-0.05, 0) is 64.5 Å². The van der Waals surface area contributed by atoms with E-state index >= 15 is 0 Å². The predicted molar refractivity (Wildman–Crippen MR) is 143 cm³/mol. The number of ether oxygens (including phenoxy) is 1. The molecule has 39 heavy (non-hydrogen) atoms. The molecule has 0 bridgehead atoms. The van der Waals surface area contributed by atoms with Crippen LogP contribution in [0.2, 0.25) is 0 Å². The fourth-order valence-corrected chi connectivity index (χ4v) is 6.65. The van der Waals surface area contributed by atoms with Crippen LogP contribution in [-0.4, -0.2) is 88.7 Å². The summed E-state index contributed by atoms with van der Waals surface area (Å²) in [7, 11) is 5.04. The summed E-state index contributed by atoms with van der Waals surface area (Å²) in [5.74, 6) is -5.30. The summed E-state index contributed by atoms with van der Waals surface area (Å²) in [6.45, 7) is 3.95. The second kappa shape index (κ2) is 10.5. The van der Waals surface area contributed by atoms with Crippen LogP contribution in [0.5, 0.6) is 5.75 Å². The number of aromatic hydroxyl groups is 1. The number of hydrogen-bond donors (Lipinski definition) is 5. The van der Waals surface area contributed by atoms with Gasteiger partial charge in [0, 0.05) is 24.5 Å². The number of phenols is 1. The molecule has 10 nitrogen and oxygen atoms in total. The summed E-state index contributed by atoms with van der Waals surface area (Å²) < 4.78 is 6.05. The van der Waals surface area contributed by atoms with Gasteiger partial charge in [-0.2, -0.15) is 0 Å². The number of fused-ring (bicyclic) bond motifs is 3. The monoisotopic (exact) mass is 542 g/mol. The van der Waals surface area contributed by atoms with E-state index in [0.717, 1.165) is 25.3 Å². The minimum Gasteiger partial charge on any atom is -0.510 e. The van der Waals surface area contributed by atoms with Crippen molar-refractivity contribution in [1.29, 1.82) is 0 Å². The topological polar surface area (TPSA) is 157 Å². The van der Waals surface area contributed by atoms with Crippen molar-refractivity contribution in [2.24, 2.45) is 11.3 Å². The number of Topliss-reactive ketones (excluding diaryl/α,β-unsaturated/α-hetero) is 3. The van der Waals surface area contributed by atoms with Crippen LogP contribution in [0, 0.1) is 11.3 Å². The maximum absolute atomic E-state index is 14.1. The van der Waals surface area contributed by atoms with E-state index in [4.69, 9.17) is 4.74 Å². The maximum Gasteiger partial charge on any atom is 0.209 e. The zero-order chi connectivity index (χ0) is 28.9. The molecule has 1 aromatic carbocycles. The van der Waals surface area contributed by atoms with Gasteiger partial charge in [0.25, 0.3) is 0 Å². The van der Waals surface area contributed by atoms with Gasteiger partial charge in [-0.3, -0.25) is 19.3 Å². The zero-order valence-electron chi connectivity index (χ0n) is 23.1. The Labute approximate surface area is 228 Å². The number of aliphatic hydroxyl groups is 3. The predicted octanol–water partition coefficient (Wildman–Crippen LogP) is 2.13. The van der Waals surface area contributed by atoms with E-state index in [1.54, 1.807) is 32.1 Å². The Balaban J connectivity index is 2.02. The third kappa shape index (κ3) is 4.30. The summed E-state index contributed by atoms with van der Waals surface area (Å²) in [6.07, 6.45) is 1.85. The molecule has 0 saturated heterocycles. The average Bonchev–Trinajstić information content (AvgIpc) is 2.85. The number of likely N-dealkylation sites (N-methyl/N-ethyl adjacent to an activating group) is 1. The zero-order valence-corrected chi connectivity index (χ0v) is 23.1. The molecule has 0 aromatic heterocycles. The highest BCUT2D eigenvalue weighted by molar-refractivity contribution is 6.25. The molecule has 10 heteroatoms. The Morgan fingerprint density at radius 3 is 2.49 bits per heavy atom. The lowest BCUT2D eigenvalue weighted by Crippen LogP contribution is -2.65. The van der Waals surface area contributed by atoms with Crippen molar-refractivity contribution in [3.63, 3.8) is 0 Å². The minimum absolute atomic E-state index is 0.00131. The van der Waals surface area contributed by atoms with Crippen LogP contribution >= 0.6 is 0 Å². The minimum atomic E-state index is -2.63. The Morgan fingerprint density at radius 2 is 1.90 bits per heavy atom. The molecule has 1 aromatic rings. The van der Waals surface area contributed by atoms with Crippen molar-refractivity contribution >= 4 is 17.3 Å². The number of carbonyl (C=O) groups excluding carboxylic acids is 3. The number of phenolic OH excluding ortho intramolecular Hbond substituents is 1. The van der Waals surface area contributed by atoms with Gasteiger partial charge in [-0.25, -0.2) is 0 Å². The van der Waals surface area contributed by atoms with Crippen LogP contribution in [0.15, 0.2) is 34.8 Å². The Kier molecular flexibility index (Phi) is 7.79. The van der Waals surface area contributed by atoms with E-state index in [-0.39, 0.29) is 36.3 Å². The van der Waals surface area contributed by atoms with Gasteiger partial charge < -0.3 is 30.5 Å². The number of nitrogens with zero attached hydrogens (tertiary/aromatic N) is 1. The first kappa shape index (κ1) is 28.9. The normalized spacial score (nSPS) is 28.5. The molecular weight excluding hydrogens is 504 g/mol. The highest BCUT2D eigenvalue weighted by atomic mass is 16.5. The maximum atomic E-state index is 14.1. The smallest absolute Gasteiger partial charge is 0.209 e. The molecule has 0 unspecified atom stereocenters. The molecule has 0 radical (unpaired) electrons. The lowest BCUT2D eigenvalue weighted by molar-refractivity contribution is -0.151. The number of aliphatic hydroxyl groups excluding tert-OH is 2. The SMILES string of the molecule is CCCCOC[C@@]12Cc3c(CNC)ccc(O)c3C(=O)C1=C(O)[C@]1(O)C(=O)C(C(C)=O)=C(O)[C@@H](N(C)C)[C@@H]1C2. The van der Waals surface area contributed by atoms with E-state index in [1.165, 1.54) is 6.07 Å². The van der Waals surface area contributed by atoms with Gasteiger partial charge in [0.1, 0.15) is 22.8 Å². The van der Waals surface area contributed by atoms with Crippen LogP contribution in [0.3, 0.4) is 0 Å². The average molecular weight is 543 g/mol. The fraction of sp³-hybridized carbons (Fsp3) is 0.552. The summed E-state index contributed by atoms with van der Waals surface area (Å²) >= 11 is 0. The van der Waals surface area contributed by atoms with Crippen LogP contribution < -0.4 is 5.32 Å². The number of unbranched alkanes of at least 4 members (excludes halogenated alkanes) is 1. The molecule has 212 valence electrons. The largest absolute Gasteiger partial charge is 0.510 e. The first-order valence-electron chi connectivity index (χ1n) is 13.3. The van der Waals surface area contributed by atoms with Crippen molar-refractivity contribution in [3.05, 3.63) is 51.5 Å². The molecule has 0 aliphatic heterocycles. The van der Waals surface area contributed by atoms with Crippen LogP contribution in [0.1, 0.15) is 54.6 Å². The molecule has 5 N–H and O–H groups in total. The Hall–Kier alpha value is -3.05. The van der Waals surface area contributed by atoms with Gasteiger partial charge in [0.2, 0.25) is 5.78 Å². The number of nitrogens with one attached hydrogen (secondary N) is 1.